The van der Waals surface area contributed by atoms with Crippen LogP contribution in [-0.4, -0.2) is 50.6 Å². The minimum Gasteiger partial charge on any atom is -0.393 e. The van der Waals surface area contributed by atoms with Gasteiger partial charge in [0.2, 0.25) is 0 Å². The molecule has 0 aromatic heterocycles. The van der Waals surface area contributed by atoms with Crippen molar-refractivity contribution in [2.75, 3.05) is 33.7 Å². The summed E-state index contributed by atoms with van der Waals surface area (Å²) in [5.74, 6) is -0.257. The maximum absolute atomic E-state index is 11.1. The third-order valence-corrected chi connectivity index (χ3v) is 1.85. The lowest BCUT2D eigenvalue weighted by Gasteiger charge is -2.09. The molecule has 0 spiro atoms. The predicted molar refractivity (Wildman–Crippen MR) is 65.5 cm³/mol. The van der Waals surface area contributed by atoms with Crippen LogP contribution >= 0.6 is 0 Å². The van der Waals surface area contributed by atoms with Gasteiger partial charge in [0.05, 0.1) is 0 Å². The molecule has 0 aliphatic heterocycles. The predicted octanol–water partition coefficient (Wildman–Crippen LogP) is 0.857. The molecule has 5 nitrogen and oxygen atoms in total. The van der Waals surface area contributed by atoms with E-state index in [0.29, 0.717) is 25.5 Å². The summed E-state index contributed by atoms with van der Waals surface area (Å²) in [5, 5.41) is 2.93. The zero-order valence-corrected chi connectivity index (χ0v) is 10.7. The Morgan fingerprint density at radius 2 is 2.06 bits per heavy atom. The number of ether oxygens (including phenoxy) is 1. The van der Waals surface area contributed by atoms with E-state index in [0.717, 1.165) is 13.0 Å². The molecule has 0 radical (unpaired) electrons. The van der Waals surface area contributed by atoms with Crippen LogP contribution < -0.4 is 5.32 Å². The van der Waals surface area contributed by atoms with Gasteiger partial charge in [0.15, 0.2) is 0 Å². The summed E-state index contributed by atoms with van der Waals surface area (Å²) in [4.78, 5) is 17.4. The second-order valence-corrected chi connectivity index (χ2v) is 3.70. The molecule has 5 heteroatoms. The van der Waals surface area contributed by atoms with Crippen molar-refractivity contribution in [2.24, 2.45) is 4.99 Å². The van der Waals surface area contributed by atoms with Gasteiger partial charge >= 0.3 is 5.97 Å². The van der Waals surface area contributed by atoms with Gasteiger partial charge in [-0.1, -0.05) is 6.92 Å². The van der Waals surface area contributed by atoms with Crippen LogP contribution in [0.25, 0.3) is 0 Å². The number of carbonyl (C=O) groups excluding carboxylic acids is 1. The molecular weight excluding hydrogens is 206 g/mol. The highest BCUT2D eigenvalue weighted by molar-refractivity contribution is 5.87. The number of aliphatic imine (C=N–C) groups is 1. The number of amidine groups is 1. The normalized spacial score (nSPS) is 11.7. The minimum absolute atomic E-state index is 0.257. The lowest BCUT2D eigenvalue weighted by atomic mass is 10.4. The SMILES string of the molecule is CCNC(=NCCCN(C)C)OC(=O)CC. The lowest BCUT2D eigenvalue weighted by Crippen LogP contribution is -2.28. The van der Waals surface area contributed by atoms with Crippen molar-refractivity contribution in [2.45, 2.75) is 26.7 Å². The zero-order valence-electron chi connectivity index (χ0n) is 10.7. The Kier molecular flexibility index (Phi) is 8.52. The van der Waals surface area contributed by atoms with Gasteiger partial charge in [0.1, 0.15) is 0 Å². The Labute approximate surface area is 97.9 Å². The van der Waals surface area contributed by atoms with E-state index in [1.165, 1.54) is 0 Å². The molecule has 0 amide bonds. The Morgan fingerprint density at radius 3 is 2.56 bits per heavy atom. The van der Waals surface area contributed by atoms with Gasteiger partial charge in [-0.15, -0.1) is 0 Å². The molecule has 0 aliphatic carbocycles. The molecule has 0 atom stereocenters. The smallest absolute Gasteiger partial charge is 0.313 e. The van der Waals surface area contributed by atoms with E-state index in [1.54, 1.807) is 6.92 Å². The van der Waals surface area contributed by atoms with Gasteiger partial charge in [0, 0.05) is 19.5 Å². The van der Waals surface area contributed by atoms with Gasteiger partial charge in [0.25, 0.3) is 6.02 Å². The van der Waals surface area contributed by atoms with Gasteiger partial charge < -0.3 is 15.0 Å². The maximum Gasteiger partial charge on any atom is 0.313 e. The summed E-state index contributed by atoms with van der Waals surface area (Å²) in [6, 6.07) is 0.341. The number of nitrogens with zero attached hydrogens (tertiary/aromatic N) is 2. The molecule has 94 valence electrons. The molecule has 1 N–H and O–H groups in total. The Bertz CT molecular complexity index is 227. The van der Waals surface area contributed by atoms with E-state index in [-0.39, 0.29) is 5.97 Å². The van der Waals surface area contributed by atoms with Crippen molar-refractivity contribution in [1.82, 2.24) is 10.2 Å². The highest BCUT2D eigenvalue weighted by atomic mass is 16.6. The Hall–Kier alpha value is -1.10. The first-order chi connectivity index (χ1) is 7.60. The van der Waals surface area contributed by atoms with Crippen LogP contribution in [0.4, 0.5) is 0 Å². The van der Waals surface area contributed by atoms with Crippen LogP contribution in [0.3, 0.4) is 0 Å². The van der Waals surface area contributed by atoms with Crippen LogP contribution in [-0.2, 0) is 9.53 Å². The molecular formula is C11H23N3O2. The highest BCUT2D eigenvalue weighted by Gasteiger charge is 2.04. The van der Waals surface area contributed by atoms with E-state index in [2.05, 4.69) is 15.2 Å². The fourth-order valence-corrected chi connectivity index (χ4v) is 1.02. The first-order valence-electron chi connectivity index (χ1n) is 5.73. The Morgan fingerprint density at radius 1 is 1.38 bits per heavy atom. The summed E-state index contributed by atoms with van der Waals surface area (Å²) in [5.41, 5.74) is 0. The van der Waals surface area contributed by atoms with Crippen molar-refractivity contribution >= 4 is 12.0 Å². The van der Waals surface area contributed by atoms with Crippen molar-refractivity contribution in [3.63, 3.8) is 0 Å². The monoisotopic (exact) mass is 229 g/mol. The number of hydrogen-bond donors (Lipinski definition) is 1. The van der Waals surface area contributed by atoms with E-state index < -0.39 is 0 Å². The van der Waals surface area contributed by atoms with Crippen LogP contribution in [0.15, 0.2) is 4.99 Å². The van der Waals surface area contributed by atoms with Crippen LogP contribution in [0, 0.1) is 0 Å². The molecule has 0 saturated carbocycles. The molecule has 0 aromatic carbocycles. The summed E-state index contributed by atoms with van der Waals surface area (Å²) in [6.07, 6.45) is 1.31. The molecule has 0 bridgehead atoms. The summed E-state index contributed by atoms with van der Waals surface area (Å²) in [7, 11) is 4.04. The second-order valence-electron chi connectivity index (χ2n) is 3.70. The molecule has 0 fully saturated rings. The quantitative estimate of drug-likeness (QED) is 0.318. The third-order valence-electron chi connectivity index (χ3n) is 1.85. The highest BCUT2D eigenvalue weighted by Crippen LogP contribution is 1.90. The van der Waals surface area contributed by atoms with E-state index in [1.807, 2.05) is 21.0 Å². The first kappa shape index (κ1) is 14.9. The number of esters is 1. The van der Waals surface area contributed by atoms with E-state index in [9.17, 15) is 4.79 Å². The lowest BCUT2D eigenvalue weighted by molar-refractivity contribution is -0.135. The summed E-state index contributed by atoms with van der Waals surface area (Å²) < 4.78 is 5.03. The minimum atomic E-state index is -0.257. The molecule has 16 heavy (non-hydrogen) atoms. The molecule has 0 aliphatic rings. The molecule has 0 saturated heterocycles. The standard InChI is InChI=1S/C11H23N3O2/c1-5-10(15)16-11(12-6-2)13-8-7-9-14(3)4/h5-9H2,1-4H3,(H,12,13). The summed E-state index contributed by atoms with van der Waals surface area (Å²) in [6.45, 7) is 6.04. The largest absolute Gasteiger partial charge is 0.393 e. The molecule has 0 heterocycles. The molecule has 0 aromatic rings. The average Bonchev–Trinajstić information content (AvgIpc) is 2.24. The van der Waals surface area contributed by atoms with E-state index >= 15 is 0 Å². The maximum atomic E-state index is 11.1. The van der Waals surface area contributed by atoms with Gasteiger partial charge in [-0.2, -0.15) is 0 Å². The van der Waals surface area contributed by atoms with Crippen LogP contribution in [0.5, 0.6) is 0 Å². The Balaban J connectivity index is 3.98. The zero-order chi connectivity index (χ0) is 12.4. The average molecular weight is 229 g/mol. The number of carbonyl (C=O) groups is 1. The molecule has 0 rings (SSSR count). The van der Waals surface area contributed by atoms with Gasteiger partial charge in [-0.3, -0.25) is 4.79 Å². The number of rotatable bonds is 6. The fourth-order valence-electron chi connectivity index (χ4n) is 1.02. The fraction of sp³-hybridized carbons (Fsp3) is 0.818. The second kappa shape index (κ2) is 9.15. The van der Waals surface area contributed by atoms with E-state index in [4.69, 9.17) is 4.74 Å². The van der Waals surface area contributed by atoms with Crippen LogP contribution in [0.1, 0.15) is 26.7 Å². The third kappa shape index (κ3) is 8.23. The first-order valence-corrected chi connectivity index (χ1v) is 5.73. The van der Waals surface area contributed by atoms with Crippen molar-refractivity contribution in [3.8, 4) is 0 Å². The number of nitrogens with one attached hydrogen (secondary N) is 1. The van der Waals surface area contributed by atoms with Gasteiger partial charge in [-0.25, -0.2) is 4.99 Å². The number of hydrogen-bond acceptors (Lipinski definition) is 4. The van der Waals surface area contributed by atoms with Gasteiger partial charge in [-0.05, 0) is 34.0 Å². The topological polar surface area (TPSA) is 53.9 Å². The van der Waals surface area contributed by atoms with Crippen LogP contribution in [0.2, 0.25) is 0 Å². The van der Waals surface area contributed by atoms with Crippen molar-refractivity contribution < 1.29 is 9.53 Å². The van der Waals surface area contributed by atoms with Crippen molar-refractivity contribution in [3.05, 3.63) is 0 Å². The van der Waals surface area contributed by atoms with Crippen molar-refractivity contribution in [1.29, 1.82) is 0 Å². The molecule has 0 unspecified atom stereocenters. The summed E-state index contributed by atoms with van der Waals surface area (Å²) >= 11 is 0.